The van der Waals surface area contributed by atoms with Crippen molar-refractivity contribution in [3.8, 4) is 0 Å². The standard InChI is InChI=1S/C19H26ClF2N3O/c1-19(10-23)8-9-25(11-19)18(26)24-17(12-4-2-3-5-12)15-14(21)7-6-13(20)16(15)22/h6-7,12,17H,2-5,8-11,23H2,1H3,(H,24,26)/t17-,19?/m0/s1. The highest BCUT2D eigenvalue weighted by Crippen LogP contribution is 2.39. The highest BCUT2D eigenvalue weighted by Gasteiger charge is 2.38. The van der Waals surface area contributed by atoms with Crippen molar-refractivity contribution in [2.45, 2.75) is 45.1 Å². The number of hydrogen-bond donors (Lipinski definition) is 2. The number of amides is 2. The summed E-state index contributed by atoms with van der Waals surface area (Å²) in [6, 6.07) is 1.36. The lowest BCUT2D eigenvalue weighted by Crippen LogP contribution is -2.44. The van der Waals surface area contributed by atoms with Gasteiger partial charge in [-0.25, -0.2) is 13.6 Å². The molecule has 3 rings (SSSR count). The van der Waals surface area contributed by atoms with Crippen LogP contribution in [0.25, 0.3) is 0 Å². The number of nitrogens with one attached hydrogen (secondary N) is 1. The van der Waals surface area contributed by atoms with Crippen LogP contribution in [-0.2, 0) is 0 Å². The van der Waals surface area contributed by atoms with Crippen LogP contribution in [0, 0.1) is 23.0 Å². The van der Waals surface area contributed by atoms with Gasteiger partial charge in [0.25, 0.3) is 0 Å². The molecule has 0 radical (unpaired) electrons. The highest BCUT2D eigenvalue weighted by atomic mass is 35.5. The zero-order valence-corrected chi connectivity index (χ0v) is 15.8. The molecule has 3 N–H and O–H groups in total. The third kappa shape index (κ3) is 3.81. The zero-order valence-electron chi connectivity index (χ0n) is 15.0. The van der Waals surface area contributed by atoms with Gasteiger partial charge in [-0.15, -0.1) is 0 Å². The van der Waals surface area contributed by atoms with Gasteiger partial charge in [0.05, 0.1) is 11.1 Å². The second-order valence-electron chi connectivity index (χ2n) is 7.91. The molecular formula is C19H26ClF2N3O. The van der Waals surface area contributed by atoms with Crippen molar-refractivity contribution >= 4 is 17.6 Å². The molecule has 2 amide bonds. The van der Waals surface area contributed by atoms with Crippen molar-refractivity contribution in [3.63, 3.8) is 0 Å². The van der Waals surface area contributed by atoms with Gasteiger partial charge in [-0.3, -0.25) is 0 Å². The Morgan fingerprint density at radius 3 is 2.73 bits per heavy atom. The van der Waals surface area contributed by atoms with E-state index in [0.717, 1.165) is 38.2 Å². The van der Waals surface area contributed by atoms with Gasteiger partial charge >= 0.3 is 6.03 Å². The van der Waals surface area contributed by atoms with Crippen LogP contribution in [0.4, 0.5) is 13.6 Å². The van der Waals surface area contributed by atoms with Gasteiger partial charge in [0, 0.05) is 18.7 Å². The lowest BCUT2D eigenvalue weighted by molar-refractivity contribution is 0.192. The van der Waals surface area contributed by atoms with E-state index in [1.54, 1.807) is 4.90 Å². The lowest BCUT2D eigenvalue weighted by atomic mass is 9.90. The van der Waals surface area contributed by atoms with Crippen molar-refractivity contribution in [1.82, 2.24) is 10.2 Å². The van der Waals surface area contributed by atoms with Gasteiger partial charge in [-0.1, -0.05) is 31.4 Å². The van der Waals surface area contributed by atoms with Crippen LogP contribution in [0.1, 0.15) is 50.6 Å². The first kappa shape index (κ1) is 19.4. The van der Waals surface area contributed by atoms with Crippen molar-refractivity contribution in [1.29, 1.82) is 0 Å². The summed E-state index contributed by atoms with van der Waals surface area (Å²) in [4.78, 5) is 14.5. The third-order valence-corrected chi connectivity index (χ3v) is 6.17. The molecule has 1 unspecified atom stereocenters. The summed E-state index contributed by atoms with van der Waals surface area (Å²) in [5.74, 6) is -1.45. The molecule has 1 aromatic rings. The van der Waals surface area contributed by atoms with Gasteiger partial charge < -0.3 is 16.0 Å². The quantitative estimate of drug-likeness (QED) is 0.762. The molecule has 1 aliphatic heterocycles. The number of urea groups is 1. The van der Waals surface area contributed by atoms with Gasteiger partial charge in [0.15, 0.2) is 0 Å². The first-order valence-corrected chi connectivity index (χ1v) is 9.61. The molecule has 1 aromatic carbocycles. The first-order valence-electron chi connectivity index (χ1n) is 9.23. The second kappa shape index (κ2) is 7.69. The van der Waals surface area contributed by atoms with Crippen molar-refractivity contribution in [2.75, 3.05) is 19.6 Å². The molecule has 144 valence electrons. The number of nitrogens with two attached hydrogens (primary N) is 1. The summed E-state index contributed by atoms with van der Waals surface area (Å²) in [7, 11) is 0. The van der Waals surface area contributed by atoms with E-state index in [-0.39, 0.29) is 28.0 Å². The highest BCUT2D eigenvalue weighted by molar-refractivity contribution is 6.30. The Morgan fingerprint density at radius 1 is 1.42 bits per heavy atom. The number of nitrogens with zero attached hydrogens (tertiary/aromatic N) is 1. The first-order chi connectivity index (χ1) is 12.3. The average molecular weight is 386 g/mol. The average Bonchev–Trinajstić information content (AvgIpc) is 3.28. The maximum absolute atomic E-state index is 14.6. The Labute approximate surface area is 158 Å². The summed E-state index contributed by atoms with van der Waals surface area (Å²) in [6.45, 7) is 3.69. The molecule has 1 aliphatic carbocycles. The lowest BCUT2D eigenvalue weighted by Gasteiger charge is -2.29. The SMILES string of the molecule is CC1(CN)CCN(C(=O)N[C@H](c2c(F)ccc(Cl)c2F)C2CCCC2)C1. The Hall–Kier alpha value is -1.40. The van der Waals surface area contributed by atoms with E-state index in [0.29, 0.717) is 19.6 Å². The van der Waals surface area contributed by atoms with Crippen LogP contribution in [0.3, 0.4) is 0 Å². The normalized spacial score (nSPS) is 24.9. The molecule has 2 fully saturated rings. The van der Waals surface area contributed by atoms with Crippen LogP contribution in [-0.4, -0.2) is 30.6 Å². The monoisotopic (exact) mass is 385 g/mol. The molecule has 2 atom stereocenters. The fraction of sp³-hybridized carbons (Fsp3) is 0.632. The van der Waals surface area contributed by atoms with E-state index in [1.165, 1.54) is 6.07 Å². The molecule has 0 spiro atoms. The minimum absolute atomic E-state index is 0.00455. The molecule has 1 heterocycles. The molecule has 0 bridgehead atoms. The topological polar surface area (TPSA) is 58.4 Å². The maximum atomic E-state index is 14.6. The summed E-state index contributed by atoms with van der Waals surface area (Å²) < 4.78 is 29.1. The molecule has 26 heavy (non-hydrogen) atoms. The Morgan fingerprint density at radius 2 is 2.12 bits per heavy atom. The number of carbonyl (C=O) groups excluding carboxylic acids is 1. The summed E-state index contributed by atoms with van der Waals surface area (Å²) in [5.41, 5.74) is 5.58. The largest absolute Gasteiger partial charge is 0.331 e. The van der Waals surface area contributed by atoms with Gasteiger partial charge in [-0.05, 0) is 49.3 Å². The van der Waals surface area contributed by atoms with Crippen LogP contribution < -0.4 is 11.1 Å². The van der Waals surface area contributed by atoms with Crippen molar-refractivity contribution in [2.24, 2.45) is 17.1 Å². The number of halogens is 3. The minimum Gasteiger partial charge on any atom is -0.331 e. The molecule has 7 heteroatoms. The summed E-state index contributed by atoms with van der Waals surface area (Å²) >= 11 is 5.88. The van der Waals surface area contributed by atoms with E-state index in [1.807, 2.05) is 6.92 Å². The fourth-order valence-electron chi connectivity index (χ4n) is 4.13. The van der Waals surface area contributed by atoms with Gasteiger partial charge in [-0.2, -0.15) is 0 Å². The molecule has 4 nitrogen and oxygen atoms in total. The molecule has 1 saturated carbocycles. The minimum atomic E-state index is -0.780. The summed E-state index contributed by atoms with van der Waals surface area (Å²) in [5, 5.41) is 2.77. The van der Waals surface area contributed by atoms with Crippen molar-refractivity contribution < 1.29 is 13.6 Å². The van der Waals surface area contributed by atoms with Crippen molar-refractivity contribution in [3.05, 3.63) is 34.4 Å². The number of rotatable bonds is 4. The van der Waals surface area contributed by atoms with Crippen LogP contribution in [0.5, 0.6) is 0 Å². The van der Waals surface area contributed by atoms with E-state index in [4.69, 9.17) is 17.3 Å². The molecule has 0 aromatic heterocycles. The fourth-order valence-corrected chi connectivity index (χ4v) is 4.30. The summed E-state index contributed by atoms with van der Waals surface area (Å²) in [6.07, 6.45) is 4.48. The predicted octanol–water partition coefficient (Wildman–Crippen LogP) is 4.23. The number of hydrogen-bond acceptors (Lipinski definition) is 2. The van der Waals surface area contributed by atoms with Crippen LogP contribution in [0.15, 0.2) is 12.1 Å². The molecular weight excluding hydrogens is 360 g/mol. The number of carbonyl (C=O) groups is 1. The predicted molar refractivity (Wildman–Crippen MR) is 98.0 cm³/mol. The Balaban J connectivity index is 1.84. The van der Waals surface area contributed by atoms with E-state index in [9.17, 15) is 13.6 Å². The zero-order chi connectivity index (χ0) is 18.9. The number of likely N-dealkylation sites (tertiary alicyclic amines) is 1. The third-order valence-electron chi connectivity index (χ3n) is 5.88. The maximum Gasteiger partial charge on any atom is 0.317 e. The molecule has 2 aliphatic rings. The van der Waals surface area contributed by atoms with Crippen LogP contribution >= 0.6 is 11.6 Å². The molecule has 1 saturated heterocycles. The Kier molecular flexibility index (Phi) is 5.72. The van der Waals surface area contributed by atoms with Gasteiger partial charge in [0.1, 0.15) is 11.6 Å². The van der Waals surface area contributed by atoms with E-state index in [2.05, 4.69) is 5.32 Å². The number of benzene rings is 1. The smallest absolute Gasteiger partial charge is 0.317 e. The van der Waals surface area contributed by atoms with Crippen LogP contribution in [0.2, 0.25) is 5.02 Å². The Bertz CT molecular complexity index is 681. The van der Waals surface area contributed by atoms with Gasteiger partial charge in [0.2, 0.25) is 0 Å². The van der Waals surface area contributed by atoms with E-state index < -0.39 is 17.7 Å². The second-order valence-corrected chi connectivity index (χ2v) is 8.32. The van der Waals surface area contributed by atoms with E-state index >= 15 is 0 Å².